The summed E-state index contributed by atoms with van der Waals surface area (Å²) in [5.74, 6) is 0.251. The van der Waals surface area contributed by atoms with E-state index in [-0.39, 0.29) is 18.3 Å². The van der Waals surface area contributed by atoms with Crippen molar-refractivity contribution in [2.24, 2.45) is 0 Å². The van der Waals surface area contributed by atoms with E-state index in [2.05, 4.69) is 5.32 Å². The molecule has 2 aromatic rings. The zero-order valence-electron chi connectivity index (χ0n) is 11.6. The van der Waals surface area contributed by atoms with Crippen LogP contribution in [0.2, 0.25) is 5.02 Å². The molecule has 22 heavy (non-hydrogen) atoms. The van der Waals surface area contributed by atoms with Crippen molar-refractivity contribution < 1.29 is 18.7 Å². The summed E-state index contributed by atoms with van der Waals surface area (Å²) in [7, 11) is 0. The van der Waals surface area contributed by atoms with Gasteiger partial charge in [0, 0.05) is 12.1 Å². The Morgan fingerprint density at radius 1 is 1.23 bits per heavy atom. The first-order chi connectivity index (χ1) is 10.6. The average molecular weight is 322 g/mol. The second-order valence-corrected chi connectivity index (χ2v) is 5.20. The molecule has 0 bridgehead atoms. The predicted molar refractivity (Wildman–Crippen MR) is 80.0 cm³/mol. The van der Waals surface area contributed by atoms with Gasteiger partial charge in [-0.15, -0.1) is 0 Å². The molecule has 1 heterocycles. The number of nitrogens with one attached hydrogen (secondary N) is 1. The molecule has 0 unspecified atom stereocenters. The molecule has 0 atom stereocenters. The zero-order chi connectivity index (χ0) is 15.5. The summed E-state index contributed by atoms with van der Waals surface area (Å²) < 4.78 is 23.9. The minimum absolute atomic E-state index is 0.225. The lowest BCUT2D eigenvalue weighted by Crippen LogP contribution is -2.23. The van der Waals surface area contributed by atoms with Crippen LogP contribution in [-0.2, 0) is 6.54 Å². The van der Waals surface area contributed by atoms with E-state index >= 15 is 0 Å². The maximum absolute atomic E-state index is 13.1. The second-order valence-electron chi connectivity index (χ2n) is 4.79. The van der Waals surface area contributed by atoms with Gasteiger partial charge < -0.3 is 14.8 Å². The lowest BCUT2D eigenvalue weighted by Gasteiger charge is -2.20. The molecule has 0 radical (unpaired) electrons. The summed E-state index contributed by atoms with van der Waals surface area (Å²) in [6, 6.07) is 9.16. The standard InChI is InChI=1S/C16H13ClFNO3/c17-13-7-11(8-14-15(13)22-5-4-21-14)16(20)19-9-10-2-1-3-12(18)6-10/h1-3,6-8H,4-5,9H2,(H,19,20). The van der Waals surface area contributed by atoms with Gasteiger partial charge in [0.1, 0.15) is 19.0 Å². The molecule has 0 aromatic heterocycles. The molecular formula is C16H13ClFNO3. The first-order valence-electron chi connectivity index (χ1n) is 6.75. The van der Waals surface area contributed by atoms with Crippen LogP contribution in [0.15, 0.2) is 36.4 Å². The Morgan fingerprint density at radius 3 is 2.86 bits per heavy atom. The van der Waals surface area contributed by atoms with E-state index in [1.54, 1.807) is 18.2 Å². The van der Waals surface area contributed by atoms with Crippen molar-refractivity contribution in [1.82, 2.24) is 5.32 Å². The second kappa shape index (κ2) is 6.23. The Kier molecular flexibility index (Phi) is 4.15. The van der Waals surface area contributed by atoms with Gasteiger partial charge in [0.15, 0.2) is 11.5 Å². The topological polar surface area (TPSA) is 47.6 Å². The highest BCUT2D eigenvalue weighted by atomic mass is 35.5. The smallest absolute Gasteiger partial charge is 0.251 e. The van der Waals surface area contributed by atoms with Crippen LogP contribution >= 0.6 is 11.6 Å². The molecule has 114 valence electrons. The third-order valence-corrected chi connectivity index (χ3v) is 3.48. The minimum Gasteiger partial charge on any atom is -0.486 e. The van der Waals surface area contributed by atoms with Crippen molar-refractivity contribution in [2.75, 3.05) is 13.2 Å². The van der Waals surface area contributed by atoms with Crippen molar-refractivity contribution in [3.8, 4) is 11.5 Å². The average Bonchev–Trinajstić information content (AvgIpc) is 2.52. The van der Waals surface area contributed by atoms with Crippen LogP contribution in [0.4, 0.5) is 4.39 Å². The lowest BCUT2D eigenvalue weighted by molar-refractivity contribution is 0.0949. The van der Waals surface area contributed by atoms with E-state index in [0.29, 0.717) is 40.9 Å². The number of carbonyl (C=O) groups excluding carboxylic acids is 1. The number of carbonyl (C=O) groups is 1. The number of amides is 1. The molecule has 6 heteroatoms. The number of rotatable bonds is 3. The number of fused-ring (bicyclic) bond motifs is 1. The van der Waals surface area contributed by atoms with Crippen LogP contribution in [0.25, 0.3) is 0 Å². The van der Waals surface area contributed by atoms with Crippen molar-refractivity contribution in [3.05, 3.63) is 58.4 Å². The predicted octanol–water partition coefficient (Wildman–Crippen LogP) is 3.18. The number of hydrogen-bond acceptors (Lipinski definition) is 3. The van der Waals surface area contributed by atoms with Crippen LogP contribution in [0, 0.1) is 5.82 Å². The Morgan fingerprint density at radius 2 is 2.05 bits per heavy atom. The molecule has 1 aliphatic heterocycles. The molecule has 1 N–H and O–H groups in total. The monoisotopic (exact) mass is 321 g/mol. The van der Waals surface area contributed by atoms with Crippen LogP contribution in [0.1, 0.15) is 15.9 Å². The summed E-state index contributed by atoms with van der Waals surface area (Å²) in [5.41, 5.74) is 1.04. The van der Waals surface area contributed by atoms with Crippen LogP contribution in [0.3, 0.4) is 0 Å². The van der Waals surface area contributed by atoms with E-state index in [9.17, 15) is 9.18 Å². The molecular weight excluding hydrogens is 309 g/mol. The highest BCUT2D eigenvalue weighted by molar-refractivity contribution is 6.32. The summed E-state index contributed by atoms with van der Waals surface area (Å²) in [4.78, 5) is 12.2. The highest BCUT2D eigenvalue weighted by Gasteiger charge is 2.19. The van der Waals surface area contributed by atoms with E-state index in [1.165, 1.54) is 18.2 Å². The number of hydrogen-bond donors (Lipinski definition) is 1. The largest absolute Gasteiger partial charge is 0.486 e. The van der Waals surface area contributed by atoms with Gasteiger partial charge in [0.25, 0.3) is 5.91 Å². The molecule has 0 saturated heterocycles. The summed E-state index contributed by atoms with van der Waals surface area (Å²) >= 11 is 6.09. The van der Waals surface area contributed by atoms with Gasteiger partial charge in [-0.25, -0.2) is 4.39 Å². The van der Waals surface area contributed by atoms with Gasteiger partial charge in [0.05, 0.1) is 5.02 Å². The van der Waals surface area contributed by atoms with Gasteiger partial charge in [-0.2, -0.15) is 0 Å². The van der Waals surface area contributed by atoms with E-state index < -0.39 is 0 Å². The van der Waals surface area contributed by atoms with Crippen molar-refractivity contribution in [3.63, 3.8) is 0 Å². The molecule has 0 saturated carbocycles. The van der Waals surface area contributed by atoms with Gasteiger partial charge in [-0.1, -0.05) is 23.7 Å². The highest BCUT2D eigenvalue weighted by Crippen LogP contribution is 2.38. The zero-order valence-corrected chi connectivity index (χ0v) is 12.3. The van der Waals surface area contributed by atoms with Gasteiger partial charge in [-0.3, -0.25) is 4.79 Å². The number of halogens is 2. The Hall–Kier alpha value is -2.27. The molecule has 4 nitrogen and oxygen atoms in total. The molecule has 0 aliphatic carbocycles. The normalized spacial score (nSPS) is 12.8. The first kappa shape index (κ1) is 14.7. The fourth-order valence-corrected chi connectivity index (χ4v) is 2.44. The molecule has 2 aromatic carbocycles. The number of ether oxygens (including phenoxy) is 2. The SMILES string of the molecule is O=C(NCc1cccc(F)c1)c1cc(Cl)c2c(c1)OCCO2. The minimum atomic E-state index is -0.339. The van der Waals surface area contributed by atoms with Crippen LogP contribution in [0.5, 0.6) is 11.5 Å². The van der Waals surface area contributed by atoms with E-state index in [4.69, 9.17) is 21.1 Å². The van der Waals surface area contributed by atoms with Gasteiger partial charge in [-0.05, 0) is 29.8 Å². The molecule has 0 fully saturated rings. The quantitative estimate of drug-likeness (QED) is 0.944. The molecule has 1 aliphatic rings. The Bertz CT molecular complexity index is 721. The summed E-state index contributed by atoms with van der Waals surface area (Å²) in [5, 5.41) is 3.04. The summed E-state index contributed by atoms with van der Waals surface area (Å²) in [6.45, 7) is 1.07. The van der Waals surface area contributed by atoms with Crippen molar-refractivity contribution in [1.29, 1.82) is 0 Å². The van der Waals surface area contributed by atoms with Crippen LogP contribution < -0.4 is 14.8 Å². The van der Waals surface area contributed by atoms with Crippen molar-refractivity contribution in [2.45, 2.75) is 6.54 Å². The maximum atomic E-state index is 13.1. The van der Waals surface area contributed by atoms with E-state index in [0.717, 1.165) is 0 Å². The summed E-state index contributed by atoms with van der Waals surface area (Å²) in [6.07, 6.45) is 0. The Balaban J connectivity index is 1.73. The molecule has 0 spiro atoms. The third-order valence-electron chi connectivity index (χ3n) is 3.20. The van der Waals surface area contributed by atoms with Gasteiger partial charge in [0.2, 0.25) is 0 Å². The fourth-order valence-electron chi connectivity index (χ4n) is 2.17. The van der Waals surface area contributed by atoms with E-state index in [1.807, 2.05) is 0 Å². The van der Waals surface area contributed by atoms with Crippen molar-refractivity contribution >= 4 is 17.5 Å². The molecule has 1 amide bonds. The third kappa shape index (κ3) is 3.14. The fraction of sp³-hybridized carbons (Fsp3) is 0.188. The number of benzene rings is 2. The lowest BCUT2D eigenvalue weighted by atomic mass is 10.1. The Labute approximate surface area is 131 Å². The van der Waals surface area contributed by atoms with Gasteiger partial charge >= 0.3 is 0 Å². The first-order valence-corrected chi connectivity index (χ1v) is 7.13. The maximum Gasteiger partial charge on any atom is 0.251 e. The van der Waals surface area contributed by atoms with Crippen LogP contribution in [-0.4, -0.2) is 19.1 Å². The molecule has 3 rings (SSSR count).